The third kappa shape index (κ3) is 3.17. The van der Waals surface area contributed by atoms with Crippen molar-refractivity contribution < 1.29 is 36.1 Å². The molecule has 0 unspecified atom stereocenters. The molecule has 0 bridgehead atoms. The summed E-state index contributed by atoms with van der Waals surface area (Å²) < 4.78 is 0. The van der Waals surface area contributed by atoms with Crippen LogP contribution in [-0.2, 0) is 0 Å². The summed E-state index contributed by atoms with van der Waals surface area (Å²) in [6.07, 6.45) is 0. The summed E-state index contributed by atoms with van der Waals surface area (Å²) in [6.45, 7) is 0. The van der Waals surface area contributed by atoms with E-state index in [1.165, 1.54) is 0 Å². The van der Waals surface area contributed by atoms with Crippen LogP contribution in [0.15, 0.2) is 29.2 Å². The topological polar surface area (TPSA) is 20.2 Å². The van der Waals surface area contributed by atoms with Gasteiger partial charge in [-0.3, -0.25) is 0 Å². The Balaban J connectivity index is 0. The molecule has 4 heteroatoms. The van der Waals surface area contributed by atoms with Gasteiger partial charge >= 0.3 is 29.6 Å². The van der Waals surface area contributed by atoms with Crippen molar-refractivity contribution in [1.29, 1.82) is 0 Å². The molecule has 1 rings (SSSR count). The average Bonchev–Trinajstić information content (AvgIpc) is 1.90. The van der Waals surface area contributed by atoms with Crippen LogP contribution in [0.5, 0.6) is 5.75 Å². The van der Waals surface area contributed by atoms with Crippen LogP contribution in [0.1, 0.15) is 1.43 Å². The number of hydrogen-bond donors (Lipinski definition) is 1. The fraction of sp³-hybridized carbons (Fsp3) is 0. The maximum absolute atomic E-state index is 8.80. The first-order valence-electron chi connectivity index (χ1n) is 2.40. The second kappa shape index (κ2) is 5.33. The van der Waals surface area contributed by atoms with Crippen LogP contribution in [0.2, 0.25) is 0 Å². The van der Waals surface area contributed by atoms with Gasteiger partial charge in [-0.1, -0.05) is 0 Å². The molecular weight excluding hydrogens is 179 g/mol. The second-order valence-corrected chi connectivity index (χ2v) is 2.66. The SMILES string of the molecule is Oc1ccc(SCl)cc1.[H-].[Na+]. The van der Waals surface area contributed by atoms with E-state index in [0.29, 0.717) is 0 Å². The number of halogens is 1. The number of benzene rings is 1. The summed E-state index contributed by atoms with van der Waals surface area (Å²) in [7, 11) is 6.55. The van der Waals surface area contributed by atoms with Crippen molar-refractivity contribution >= 4 is 21.7 Å². The fourth-order valence-electron chi connectivity index (χ4n) is 0.498. The van der Waals surface area contributed by atoms with E-state index in [-0.39, 0.29) is 36.7 Å². The molecule has 50 valence electrons. The molecule has 0 aromatic heterocycles. The molecule has 1 N–H and O–H groups in total. The Kier molecular flexibility index (Phi) is 5.68. The molecule has 0 aliphatic rings. The molecule has 0 amide bonds. The number of rotatable bonds is 1. The zero-order chi connectivity index (χ0) is 6.69. The van der Waals surface area contributed by atoms with Crippen molar-refractivity contribution in [2.24, 2.45) is 0 Å². The normalized spacial score (nSPS) is 8.50. The largest absolute Gasteiger partial charge is 1.00 e. The molecule has 0 spiro atoms. The van der Waals surface area contributed by atoms with Gasteiger partial charge in [0.15, 0.2) is 0 Å². The first-order chi connectivity index (χ1) is 4.33. The zero-order valence-corrected chi connectivity index (χ0v) is 9.12. The van der Waals surface area contributed by atoms with Crippen molar-refractivity contribution in [2.45, 2.75) is 4.90 Å². The van der Waals surface area contributed by atoms with Gasteiger partial charge in [0.05, 0.1) is 0 Å². The molecule has 0 saturated carbocycles. The molecular formula is C6H6ClNaOS. The minimum atomic E-state index is 0. The number of phenolic OH excluding ortho intramolecular Hbond substituents is 1. The van der Waals surface area contributed by atoms with Crippen LogP contribution in [0.3, 0.4) is 0 Å². The van der Waals surface area contributed by atoms with E-state index in [4.69, 9.17) is 15.8 Å². The van der Waals surface area contributed by atoms with E-state index >= 15 is 0 Å². The zero-order valence-electron chi connectivity index (χ0n) is 6.54. The Morgan fingerprint density at radius 1 is 1.30 bits per heavy atom. The van der Waals surface area contributed by atoms with Crippen molar-refractivity contribution in [3.8, 4) is 5.75 Å². The standard InChI is InChI=1S/C6H5ClOS.Na.H/c7-9-6-3-1-5(8)2-4-6;;/h1-4,8H;;/q;+1;-1. The fourth-order valence-corrected chi connectivity index (χ4v) is 1.05. The molecule has 1 aromatic rings. The molecule has 0 radical (unpaired) electrons. The monoisotopic (exact) mass is 184 g/mol. The van der Waals surface area contributed by atoms with Crippen LogP contribution < -0.4 is 29.6 Å². The van der Waals surface area contributed by atoms with Gasteiger partial charge < -0.3 is 6.53 Å². The quantitative estimate of drug-likeness (QED) is 0.608. The Hall–Kier alpha value is 0.660. The van der Waals surface area contributed by atoms with Crippen LogP contribution >= 0.6 is 21.7 Å². The molecule has 1 nitrogen and oxygen atoms in total. The first kappa shape index (κ1) is 10.7. The Morgan fingerprint density at radius 2 is 1.80 bits per heavy atom. The molecule has 0 aliphatic carbocycles. The molecule has 0 aliphatic heterocycles. The first-order valence-corrected chi connectivity index (χ1v) is 4.05. The van der Waals surface area contributed by atoms with Crippen LogP contribution in [-0.4, -0.2) is 5.11 Å². The molecule has 0 saturated heterocycles. The van der Waals surface area contributed by atoms with Gasteiger partial charge in [-0.25, -0.2) is 0 Å². The van der Waals surface area contributed by atoms with Gasteiger partial charge in [-0.2, -0.15) is 0 Å². The average molecular weight is 185 g/mol. The van der Waals surface area contributed by atoms with Crippen molar-refractivity contribution in [1.82, 2.24) is 0 Å². The van der Waals surface area contributed by atoms with E-state index in [1.807, 2.05) is 0 Å². The maximum atomic E-state index is 8.80. The number of phenols is 1. The summed E-state index contributed by atoms with van der Waals surface area (Å²) in [5.74, 6) is 0.268. The summed E-state index contributed by atoms with van der Waals surface area (Å²) >= 11 is 0. The number of aromatic hydroxyl groups is 1. The van der Waals surface area contributed by atoms with Gasteiger partial charge in [-0.15, -0.1) is 0 Å². The van der Waals surface area contributed by atoms with E-state index in [9.17, 15) is 0 Å². The van der Waals surface area contributed by atoms with Gasteiger partial charge in [0.25, 0.3) is 0 Å². The maximum Gasteiger partial charge on any atom is 1.00 e. The van der Waals surface area contributed by atoms with Crippen molar-refractivity contribution in [3.63, 3.8) is 0 Å². The third-order valence-corrected chi connectivity index (χ3v) is 1.91. The third-order valence-electron chi connectivity index (χ3n) is 0.926. The molecule has 0 fully saturated rings. The minimum absolute atomic E-state index is 0. The van der Waals surface area contributed by atoms with Crippen molar-refractivity contribution in [2.75, 3.05) is 0 Å². The van der Waals surface area contributed by atoms with E-state index in [1.54, 1.807) is 24.3 Å². The van der Waals surface area contributed by atoms with Gasteiger partial charge in [0, 0.05) is 4.90 Å². The predicted octanol–water partition coefficient (Wildman–Crippen LogP) is -0.245. The molecule has 0 heterocycles. The van der Waals surface area contributed by atoms with Gasteiger partial charge in [0.1, 0.15) is 5.75 Å². The summed E-state index contributed by atoms with van der Waals surface area (Å²) in [5.41, 5.74) is 0. The Bertz CT molecular complexity index is 194. The van der Waals surface area contributed by atoms with Gasteiger partial charge in [0.2, 0.25) is 0 Å². The van der Waals surface area contributed by atoms with E-state index < -0.39 is 0 Å². The van der Waals surface area contributed by atoms with Crippen LogP contribution in [0.25, 0.3) is 0 Å². The van der Waals surface area contributed by atoms with Gasteiger partial charge in [-0.05, 0) is 45.9 Å². The Morgan fingerprint density at radius 3 is 2.20 bits per heavy atom. The van der Waals surface area contributed by atoms with Crippen LogP contribution in [0, 0.1) is 0 Å². The predicted molar refractivity (Wildman–Crippen MR) is 40.9 cm³/mol. The summed E-state index contributed by atoms with van der Waals surface area (Å²) in [4.78, 5) is 0.939. The summed E-state index contributed by atoms with van der Waals surface area (Å²) in [5, 5.41) is 8.80. The molecule has 1 aromatic carbocycles. The smallest absolute Gasteiger partial charge is 1.00 e. The minimum Gasteiger partial charge on any atom is -1.00 e. The second-order valence-electron chi connectivity index (χ2n) is 1.57. The Labute approximate surface area is 92.1 Å². The van der Waals surface area contributed by atoms with E-state index in [0.717, 1.165) is 15.9 Å². The molecule has 10 heavy (non-hydrogen) atoms. The van der Waals surface area contributed by atoms with Crippen LogP contribution in [0.4, 0.5) is 0 Å². The van der Waals surface area contributed by atoms with Crippen molar-refractivity contribution in [3.05, 3.63) is 24.3 Å². The van der Waals surface area contributed by atoms with E-state index in [2.05, 4.69) is 0 Å². The number of hydrogen-bond acceptors (Lipinski definition) is 2. The summed E-state index contributed by atoms with van der Waals surface area (Å²) in [6, 6.07) is 6.72. The molecule has 0 atom stereocenters.